The highest BCUT2D eigenvalue weighted by atomic mass is 16.5. The SMILES string of the molecule is CC(C)CCOCCNCc1cccc(O)c1. The summed E-state index contributed by atoms with van der Waals surface area (Å²) in [6.45, 7) is 7.58. The number of phenols is 1. The molecular weight excluding hydrogens is 214 g/mol. The highest BCUT2D eigenvalue weighted by Gasteiger charge is 1.95. The van der Waals surface area contributed by atoms with Crippen molar-refractivity contribution < 1.29 is 9.84 Å². The number of nitrogens with one attached hydrogen (secondary N) is 1. The second-order valence-electron chi connectivity index (χ2n) is 4.64. The zero-order valence-electron chi connectivity index (χ0n) is 10.8. The van der Waals surface area contributed by atoms with E-state index in [1.54, 1.807) is 12.1 Å². The zero-order valence-corrected chi connectivity index (χ0v) is 10.8. The molecule has 1 aromatic rings. The molecule has 1 rings (SSSR count). The average molecular weight is 237 g/mol. The Morgan fingerprint density at radius 1 is 1.29 bits per heavy atom. The number of hydrogen-bond acceptors (Lipinski definition) is 3. The number of ether oxygens (including phenoxy) is 1. The number of aromatic hydroxyl groups is 1. The van der Waals surface area contributed by atoms with Gasteiger partial charge in [0.15, 0.2) is 0 Å². The van der Waals surface area contributed by atoms with E-state index in [2.05, 4.69) is 19.2 Å². The van der Waals surface area contributed by atoms with E-state index in [1.165, 1.54) is 0 Å². The Morgan fingerprint density at radius 2 is 2.12 bits per heavy atom. The van der Waals surface area contributed by atoms with Crippen LogP contribution in [0.4, 0.5) is 0 Å². The summed E-state index contributed by atoms with van der Waals surface area (Å²) in [6, 6.07) is 7.29. The molecule has 0 unspecified atom stereocenters. The number of benzene rings is 1. The molecule has 0 saturated heterocycles. The van der Waals surface area contributed by atoms with Crippen molar-refractivity contribution in [3.05, 3.63) is 29.8 Å². The van der Waals surface area contributed by atoms with Crippen LogP contribution in [0.15, 0.2) is 24.3 Å². The Labute approximate surface area is 104 Å². The van der Waals surface area contributed by atoms with Gasteiger partial charge in [0.2, 0.25) is 0 Å². The van der Waals surface area contributed by atoms with Crippen molar-refractivity contribution in [2.45, 2.75) is 26.8 Å². The lowest BCUT2D eigenvalue weighted by Gasteiger charge is -2.07. The maximum atomic E-state index is 9.29. The molecule has 0 heterocycles. The van der Waals surface area contributed by atoms with E-state index >= 15 is 0 Å². The maximum Gasteiger partial charge on any atom is 0.115 e. The molecule has 0 aliphatic carbocycles. The van der Waals surface area contributed by atoms with E-state index in [-0.39, 0.29) is 0 Å². The van der Waals surface area contributed by atoms with Crippen molar-refractivity contribution in [3.63, 3.8) is 0 Å². The molecule has 0 fully saturated rings. The summed E-state index contributed by atoms with van der Waals surface area (Å²) >= 11 is 0. The van der Waals surface area contributed by atoms with E-state index < -0.39 is 0 Å². The smallest absolute Gasteiger partial charge is 0.115 e. The summed E-state index contributed by atoms with van der Waals surface area (Å²) in [6.07, 6.45) is 1.12. The Kier molecular flexibility index (Phi) is 6.67. The highest BCUT2D eigenvalue weighted by Crippen LogP contribution is 2.10. The van der Waals surface area contributed by atoms with Crippen LogP contribution in [0.2, 0.25) is 0 Å². The Bertz CT molecular complexity index is 313. The van der Waals surface area contributed by atoms with Crippen LogP contribution in [-0.2, 0) is 11.3 Å². The minimum Gasteiger partial charge on any atom is -0.508 e. The molecule has 0 spiro atoms. The number of rotatable bonds is 8. The second kappa shape index (κ2) is 8.09. The lowest BCUT2D eigenvalue weighted by Crippen LogP contribution is -2.19. The molecule has 96 valence electrons. The number of hydrogen-bond donors (Lipinski definition) is 2. The van der Waals surface area contributed by atoms with E-state index in [0.29, 0.717) is 11.7 Å². The lowest BCUT2D eigenvalue weighted by atomic mass is 10.1. The van der Waals surface area contributed by atoms with Crippen molar-refractivity contribution in [2.75, 3.05) is 19.8 Å². The minimum atomic E-state index is 0.317. The van der Waals surface area contributed by atoms with Crippen LogP contribution in [0, 0.1) is 5.92 Å². The molecule has 0 bridgehead atoms. The largest absolute Gasteiger partial charge is 0.508 e. The van der Waals surface area contributed by atoms with E-state index in [4.69, 9.17) is 4.74 Å². The van der Waals surface area contributed by atoms with Crippen LogP contribution in [-0.4, -0.2) is 24.9 Å². The zero-order chi connectivity index (χ0) is 12.5. The number of phenolic OH excluding ortho intramolecular Hbond substituents is 1. The van der Waals surface area contributed by atoms with E-state index in [9.17, 15) is 5.11 Å². The molecule has 3 heteroatoms. The third kappa shape index (κ3) is 6.97. The first-order valence-electron chi connectivity index (χ1n) is 6.25. The summed E-state index contributed by atoms with van der Waals surface area (Å²) in [4.78, 5) is 0. The molecule has 0 radical (unpaired) electrons. The fraction of sp³-hybridized carbons (Fsp3) is 0.571. The molecule has 3 nitrogen and oxygen atoms in total. The van der Waals surface area contributed by atoms with Crippen LogP contribution in [0.3, 0.4) is 0 Å². The van der Waals surface area contributed by atoms with Crippen LogP contribution in [0.1, 0.15) is 25.8 Å². The standard InChI is InChI=1S/C14H23NO2/c1-12(2)6-8-17-9-7-15-11-13-4-3-5-14(16)10-13/h3-5,10,12,15-16H,6-9,11H2,1-2H3. The Hall–Kier alpha value is -1.06. The second-order valence-corrected chi connectivity index (χ2v) is 4.64. The fourth-order valence-electron chi connectivity index (χ4n) is 1.46. The predicted octanol–water partition coefficient (Wildman–Crippen LogP) is 2.54. The van der Waals surface area contributed by atoms with Gasteiger partial charge in [-0.2, -0.15) is 0 Å². The normalized spacial score (nSPS) is 11.0. The summed E-state index contributed by atoms with van der Waals surface area (Å²) in [5, 5.41) is 12.6. The van der Waals surface area contributed by atoms with Gasteiger partial charge in [0.25, 0.3) is 0 Å². The first-order chi connectivity index (χ1) is 8.18. The predicted molar refractivity (Wildman–Crippen MR) is 70.1 cm³/mol. The van der Waals surface area contributed by atoms with Gasteiger partial charge >= 0.3 is 0 Å². The Morgan fingerprint density at radius 3 is 2.82 bits per heavy atom. The van der Waals surface area contributed by atoms with E-state index in [1.807, 2.05) is 12.1 Å². The van der Waals surface area contributed by atoms with Crippen molar-refractivity contribution in [3.8, 4) is 5.75 Å². The van der Waals surface area contributed by atoms with Gasteiger partial charge in [-0.25, -0.2) is 0 Å². The fourth-order valence-corrected chi connectivity index (χ4v) is 1.46. The molecule has 0 saturated carbocycles. The van der Waals surface area contributed by atoms with Crippen molar-refractivity contribution >= 4 is 0 Å². The van der Waals surface area contributed by atoms with Gasteiger partial charge in [0.1, 0.15) is 5.75 Å². The monoisotopic (exact) mass is 237 g/mol. The molecular formula is C14H23NO2. The summed E-state index contributed by atoms with van der Waals surface area (Å²) in [7, 11) is 0. The average Bonchev–Trinajstić information content (AvgIpc) is 2.27. The summed E-state index contributed by atoms with van der Waals surface area (Å²) in [5.74, 6) is 1.02. The summed E-state index contributed by atoms with van der Waals surface area (Å²) in [5.41, 5.74) is 1.09. The van der Waals surface area contributed by atoms with Gasteiger partial charge in [-0.15, -0.1) is 0 Å². The van der Waals surface area contributed by atoms with Crippen LogP contribution in [0.25, 0.3) is 0 Å². The maximum absolute atomic E-state index is 9.29. The molecule has 0 aromatic heterocycles. The summed E-state index contributed by atoms with van der Waals surface area (Å²) < 4.78 is 5.49. The molecule has 0 atom stereocenters. The third-order valence-electron chi connectivity index (χ3n) is 2.50. The minimum absolute atomic E-state index is 0.317. The first kappa shape index (κ1) is 14.0. The third-order valence-corrected chi connectivity index (χ3v) is 2.50. The Balaban J connectivity index is 2.01. The lowest BCUT2D eigenvalue weighted by molar-refractivity contribution is 0.125. The van der Waals surface area contributed by atoms with Gasteiger partial charge < -0.3 is 15.2 Å². The van der Waals surface area contributed by atoms with Crippen LogP contribution < -0.4 is 5.32 Å². The first-order valence-corrected chi connectivity index (χ1v) is 6.25. The van der Waals surface area contributed by atoms with Crippen molar-refractivity contribution in [1.29, 1.82) is 0 Å². The molecule has 1 aromatic carbocycles. The van der Waals surface area contributed by atoms with E-state index in [0.717, 1.165) is 38.3 Å². The topological polar surface area (TPSA) is 41.5 Å². The van der Waals surface area contributed by atoms with Crippen LogP contribution in [0.5, 0.6) is 5.75 Å². The molecule has 2 N–H and O–H groups in total. The van der Waals surface area contributed by atoms with Crippen molar-refractivity contribution in [2.24, 2.45) is 5.92 Å². The molecule has 0 aliphatic heterocycles. The van der Waals surface area contributed by atoms with Gasteiger partial charge in [-0.1, -0.05) is 26.0 Å². The van der Waals surface area contributed by atoms with Gasteiger partial charge in [0, 0.05) is 19.7 Å². The molecule has 17 heavy (non-hydrogen) atoms. The quantitative estimate of drug-likeness (QED) is 0.683. The molecule has 0 amide bonds. The highest BCUT2D eigenvalue weighted by molar-refractivity contribution is 5.26. The van der Waals surface area contributed by atoms with Gasteiger partial charge in [0.05, 0.1) is 6.61 Å². The van der Waals surface area contributed by atoms with Crippen LogP contribution >= 0.6 is 0 Å². The van der Waals surface area contributed by atoms with Crippen molar-refractivity contribution in [1.82, 2.24) is 5.32 Å². The van der Waals surface area contributed by atoms with Gasteiger partial charge in [-0.05, 0) is 30.0 Å². The van der Waals surface area contributed by atoms with Gasteiger partial charge in [-0.3, -0.25) is 0 Å². The molecule has 0 aliphatic rings.